The van der Waals surface area contributed by atoms with Gasteiger partial charge in [0.1, 0.15) is 5.75 Å². The van der Waals surface area contributed by atoms with Gasteiger partial charge in [-0.3, -0.25) is 9.93 Å². The van der Waals surface area contributed by atoms with Crippen LogP contribution in [-0.2, 0) is 0 Å². The minimum Gasteiger partial charge on any atom is -0.497 e. The number of hydrogen-bond acceptors (Lipinski definition) is 5. The van der Waals surface area contributed by atoms with E-state index in [1.807, 2.05) is 13.0 Å². The SMILES string of the molecule is COc1ccc(C(=O)N2CCC(CO)(SN)C2)c(C)c1. The number of carbonyl (C=O) groups is 1. The summed E-state index contributed by atoms with van der Waals surface area (Å²) in [6.07, 6.45) is 0.714. The van der Waals surface area contributed by atoms with Gasteiger partial charge in [-0.25, -0.2) is 0 Å². The molecule has 1 unspecified atom stereocenters. The molecule has 6 heteroatoms. The zero-order chi connectivity index (χ0) is 14.8. The van der Waals surface area contributed by atoms with Gasteiger partial charge in [0.2, 0.25) is 0 Å². The molecular formula is C14H20N2O3S. The molecule has 3 N–H and O–H groups in total. The van der Waals surface area contributed by atoms with E-state index in [1.165, 1.54) is 0 Å². The third-order valence-corrected chi connectivity index (χ3v) is 4.77. The Bertz CT molecular complexity index is 503. The Kier molecular flexibility index (Phi) is 4.57. The number of carbonyl (C=O) groups excluding carboxylic acids is 1. The van der Waals surface area contributed by atoms with Crippen molar-refractivity contribution in [3.05, 3.63) is 29.3 Å². The lowest BCUT2D eigenvalue weighted by Gasteiger charge is -2.24. The molecule has 1 aromatic rings. The minimum atomic E-state index is -0.421. The highest BCUT2D eigenvalue weighted by Gasteiger charge is 2.40. The fourth-order valence-electron chi connectivity index (χ4n) is 2.45. The molecule has 1 amide bonds. The lowest BCUT2D eigenvalue weighted by Crippen LogP contribution is -2.37. The molecule has 1 saturated heterocycles. The summed E-state index contributed by atoms with van der Waals surface area (Å²) in [6.45, 7) is 2.98. The number of nitrogens with zero attached hydrogens (tertiary/aromatic N) is 1. The molecule has 0 bridgehead atoms. The molecule has 0 spiro atoms. The van der Waals surface area contributed by atoms with E-state index in [4.69, 9.17) is 9.88 Å². The van der Waals surface area contributed by atoms with Crippen LogP contribution in [0.4, 0.5) is 0 Å². The zero-order valence-electron chi connectivity index (χ0n) is 11.8. The minimum absolute atomic E-state index is 0.0143. The molecule has 110 valence electrons. The van der Waals surface area contributed by atoms with Gasteiger partial charge in [-0.2, -0.15) is 0 Å². The van der Waals surface area contributed by atoms with E-state index in [0.717, 1.165) is 23.3 Å². The second kappa shape index (κ2) is 6.03. The van der Waals surface area contributed by atoms with Gasteiger partial charge < -0.3 is 14.7 Å². The molecule has 2 rings (SSSR count). The normalized spacial score (nSPS) is 22.1. The van der Waals surface area contributed by atoms with E-state index >= 15 is 0 Å². The first kappa shape index (κ1) is 15.2. The summed E-state index contributed by atoms with van der Waals surface area (Å²) >= 11 is 1.14. The van der Waals surface area contributed by atoms with Crippen molar-refractivity contribution >= 4 is 17.9 Å². The van der Waals surface area contributed by atoms with E-state index in [1.54, 1.807) is 24.1 Å². The molecule has 1 aliphatic rings. The van der Waals surface area contributed by atoms with Crippen LogP contribution in [0.3, 0.4) is 0 Å². The highest BCUT2D eigenvalue weighted by Crippen LogP contribution is 2.32. The van der Waals surface area contributed by atoms with Crippen LogP contribution >= 0.6 is 11.9 Å². The first-order valence-electron chi connectivity index (χ1n) is 6.48. The Hall–Kier alpha value is -1.24. The Labute approximate surface area is 123 Å². The van der Waals surface area contributed by atoms with Gasteiger partial charge >= 0.3 is 0 Å². The van der Waals surface area contributed by atoms with E-state index in [9.17, 15) is 9.90 Å². The summed E-state index contributed by atoms with van der Waals surface area (Å²) in [5, 5.41) is 15.1. The summed E-state index contributed by atoms with van der Waals surface area (Å²) in [5.74, 6) is 0.720. The van der Waals surface area contributed by atoms with Crippen molar-refractivity contribution in [1.29, 1.82) is 0 Å². The molecule has 1 heterocycles. The van der Waals surface area contributed by atoms with Crippen LogP contribution in [0.5, 0.6) is 5.75 Å². The predicted molar refractivity (Wildman–Crippen MR) is 79.8 cm³/mol. The molecule has 1 aromatic carbocycles. The van der Waals surface area contributed by atoms with E-state index in [-0.39, 0.29) is 12.5 Å². The lowest BCUT2D eigenvalue weighted by molar-refractivity contribution is 0.0785. The molecular weight excluding hydrogens is 276 g/mol. The first-order valence-corrected chi connectivity index (χ1v) is 7.36. The molecule has 1 atom stereocenters. The van der Waals surface area contributed by atoms with Gasteiger partial charge in [0.05, 0.1) is 18.5 Å². The number of hydrogen-bond donors (Lipinski definition) is 2. The van der Waals surface area contributed by atoms with Gasteiger partial charge in [0.15, 0.2) is 0 Å². The predicted octanol–water partition coefficient (Wildman–Crippen LogP) is 1.19. The fourth-order valence-corrected chi connectivity index (χ4v) is 2.97. The molecule has 1 aliphatic heterocycles. The van der Waals surface area contributed by atoms with Crippen LogP contribution in [-0.4, -0.2) is 47.5 Å². The second-order valence-corrected chi connectivity index (χ2v) is 6.22. The fraction of sp³-hybridized carbons (Fsp3) is 0.500. The van der Waals surface area contributed by atoms with Crippen LogP contribution in [0.25, 0.3) is 0 Å². The number of ether oxygens (including phenoxy) is 1. The van der Waals surface area contributed by atoms with Crippen molar-refractivity contribution in [2.45, 2.75) is 18.1 Å². The van der Waals surface area contributed by atoms with Gasteiger partial charge in [-0.15, -0.1) is 0 Å². The topological polar surface area (TPSA) is 75.8 Å². The largest absolute Gasteiger partial charge is 0.497 e. The van der Waals surface area contributed by atoms with Gasteiger partial charge in [0.25, 0.3) is 5.91 Å². The molecule has 0 radical (unpaired) electrons. The van der Waals surface area contributed by atoms with Crippen LogP contribution in [0.15, 0.2) is 18.2 Å². The number of amides is 1. The number of aliphatic hydroxyl groups is 1. The highest BCUT2D eigenvalue weighted by molar-refractivity contribution is 7.98. The van der Waals surface area contributed by atoms with E-state index < -0.39 is 4.75 Å². The van der Waals surface area contributed by atoms with Gasteiger partial charge in [0, 0.05) is 18.7 Å². The number of nitrogens with two attached hydrogens (primary N) is 1. The molecule has 1 fully saturated rings. The summed E-state index contributed by atoms with van der Waals surface area (Å²) in [7, 11) is 1.60. The third-order valence-electron chi connectivity index (χ3n) is 3.81. The molecule has 20 heavy (non-hydrogen) atoms. The van der Waals surface area contributed by atoms with E-state index in [0.29, 0.717) is 25.1 Å². The average Bonchev–Trinajstić information content (AvgIpc) is 2.91. The number of rotatable bonds is 4. The first-order chi connectivity index (χ1) is 9.55. The van der Waals surface area contributed by atoms with Crippen molar-refractivity contribution in [3.63, 3.8) is 0 Å². The number of likely N-dealkylation sites (tertiary alicyclic amines) is 1. The summed E-state index contributed by atoms with van der Waals surface area (Å²) in [5.41, 5.74) is 1.55. The van der Waals surface area contributed by atoms with Crippen LogP contribution in [0.1, 0.15) is 22.3 Å². The van der Waals surface area contributed by atoms with Gasteiger partial charge in [-0.1, -0.05) is 11.9 Å². The number of aliphatic hydroxyl groups excluding tert-OH is 1. The second-order valence-electron chi connectivity index (χ2n) is 5.12. The smallest absolute Gasteiger partial charge is 0.254 e. The van der Waals surface area contributed by atoms with Crippen molar-refractivity contribution in [1.82, 2.24) is 4.90 Å². The van der Waals surface area contributed by atoms with Crippen LogP contribution in [0.2, 0.25) is 0 Å². The van der Waals surface area contributed by atoms with Gasteiger partial charge in [-0.05, 0) is 37.1 Å². The zero-order valence-corrected chi connectivity index (χ0v) is 12.6. The number of aryl methyl sites for hydroxylation is 1. The van der Waals surface area contributed by atoms with E-state index in [2.05, 4.69) is 0 Å². The molecule has 0 aromatic heterocycles. The van der Waals surface area contributed by atoms with Crippen LogP contribution < -0.4 is 9.88 Å². The molecule has 0 aliphatic carbocycles. The standard InChI is InChI=1S/C14H20N2O3S/c1-10-7-11(19-2)3-4-12(10)13(18)16-6-5-14(8-16,9-17)20-15/h3-4,7,17H,5-6,8-9,15H2,1-2H3. The van der Waals surface area contributed by atoms with Crippen LogP contribution in [0, 0.1) is 6.92 Å². The Morgan fingerprint density at radius 3 is 2.85 bits per heavy atom. The summed E-state index contributed by atoms with van der Waals surface area (Å²) in [6, 6.07) is 5.42. The monoisotopic (exact) mass is 296 g/mol. The Morgan fingerprint density at radius 1 is 1.60 bits per heavy atom. The summed E-state index contributed by atoms with van der Waals surface area (Å²) in [4.78, 5) is 14.3. The van der Waals surface area contributed by atoms with Crippen molar-refractivity contribution < 1.29 is 14.6 Å². The highest BCUT2D eigenvalue weighted by atomic mass is 32.2. The maximum atomic E-state index is 12.5. The summed E-state index contributed by atoms with van der Waals surface area (Å²) < 4.78 is 4.72. The molecule has 5 nitrogen and oxygen atoms in total. The van der Waals surface area contributed by atoms with Crippen molar-refractivity contribution in [2.75, 3.05) is 26.8 Å². The van der Waals surface area contributed by atoms with Crippen molar-refractivity contribution in [3.8, 4) is 5.75 Å². The average molecular weight is 296 g/mol. The Balaban J connectivity index is 2.17. The number of benzene rings is 1. The number of methoxy groups -OCH3 is 1. The quantitative estimate of drug-likeness (QED) is 0.816. The lowest BCUT2D eigenvalue weighted by atomic mass is 10.1. The Morgan fingerprint density at radius 2 is 2.35 bits per heavy atom. The molecule has 0 saturated carbocycles. The third kappa shape index (κ3) is 2.77. The van der Waals surface area contributed by atoms with Crippen molar-refractivity contribution in [2.24, 2.45) is 5.14 Å². The maximum Gasteiger partial charge on any atom is 0.254 e. The maximum absolute atomic E-state index is 12.5.